The molecule has 0 saturated carbocycles. The van der Waals surface area contributed by atoms with E-state index in [-0.39, 0.29) is 5.54 Å². The highest BCUT2D eigenvalue weighted by molar-refractivity contribution is 5.47. The van der Waals surface area contributed by atoms with Gasteiger partial charge in [0.25, 0.3) is 0 Å². The van der Waals surface area contributed by atoms with Crippen LogP contribution in [0.3, 0.4) is 0 Å². The Hall–Kier alpha value is -1.02. The van der Waals surface area contributed by atoms with E-state index >= 15 is 0 Å². The van der Waals surface area contributed by atoms with Crippen LogP contribution >= 0.6 is 0 Å². The van der Waals surface area contributed by atoms with Crippen molar-refractivity contribution >= 4 is 0 Å². The number of benzene rings is 1. The second-order valence-corrected chi connectivity index (χ2v) is 5.75. The third-order valence-electron chi connectivity index (χ3n) is 4.26. The highest BCUT2D eigenvalue weighted by Crippen LogP contribution is 2.41. The molecule has 17 heavy (non-hydrogen) atoms. The standard InChI is InChI=1S/C15H23NO/c1-10-7-12-11(2)9-16(5)15(3,4)13(12)8-14(10)17-6/h7-8,11H,9H2,1-6H3. The molecule has 0 saturated heterocycles. The van der Waals surface area contributed by atoms with Gasteiger partial charge in [-0.15, -0.1) is 0 Å². The van der Waals surface area contributed by atoms with E-state index < -0.39 is 0 Å². The minimum atomic E-state index is 0.0861. The SMILES string of the molecule is COc1cc2c(cc1C)C(C)CN(C)C2(C)C. The molecule has 0 spiro atoms. The lowest BCUT2D eigenvalue weighted by atomic mass is 9.78. The lowest BCUT2D eigenvalue weighted by molar-refractivity contribution is 0.130. The van der Waals surface area contributed by atoms with E-state index in [9.17, 15) is 0 Å². The van der Waals surface area contributed by atoms with Crippen LogP contribution in [0.4, 0.5) is 0 Å². The first-order chi connectivity index (χ1) is 7.87. The number of hydrogen-bond donors (Lipinski definition) is 0. The van der Waals surface area contributed by atoms with Crippen LogP contribution in [0, 0.1) is 6.92 Å². The monoisotopic (exact) mass is 233 g/mol. The Morgan fingerprint density at radius 1 is 1.35 bits per heavy atom. The fourth-order valence-electron chi connectivity index (χ4n) is 2.81. The quantitative estimate of drug-likeness (QED) is 0.738. The number of ether oxygens (including phenoxy) is 1. The zero-order valence-corrected chi connectivity index (χ0v) is 11.8. The summed E-state index contributed by atoms with van der Waals surface area (Å²) < 4.78 is 5.46. The minimum absolute atomic E-state index is 0.0861. The van der Waals surface area contributed by atoms with Crippen LogP contribution in [0.15, 0.2) is 12.1 Å². The van der Waals surface area contributed by atoms with Crippen LogP contribution < -0.4 is 4.74 Å². The van der Waals surface area contributed by atoms with Gasteiger partial charge in [0.1, 0.15) is 5.75 Å². The molecule has 1 aliphatic heterocycles. The lowest BCUT2D eigenvalue weighted by Gasteiger charge is -2.44. The summed E-state index contributed by atoms with van der Waals surface area (Å²) in [5, 5.41) is 0. The number of aryl methyl sites for hydroxylation is 1. The van der Waals surface area contributed by atoms with Gasteiger partial charge in [0.05, 0.1) is 7.11 Å². The number of fused-ring (bicyclic) bond motifs is 1. The van der Waals surface area contributed by atoms with Gasteiger partial charge in [-0.05, 0) is 56.5 Å². The van der Waals surface area contributed by atoms with Crippen molar-refractivity contribution in [3.8, 4) is 5.75 Å². The summed E-state index contributed by atoms with van der Waals surface area (Å²) in [6.45, 7) is 10.1. The molecule has 1 atom stereocenters. The minimum Gasteiger partial charge on any atom is -0.496 e. The molecule has 1 aromatic carbocycles. The van der Waals surface area contributed by atoms with Crippen molar-refractivity contribution < 1.29 is 4.74 Å². The number of nitrogens with zero attached hydrogens (tertiary/aromatic N) is 1. The summed E-state index contributed by atoms with van der Waals surface area (Å²) in [6.07, 6.45) is 0. The van der Waals surface area contributed by atoms with E-state index in [0.29, 0.717) is 5.92 Å². The van der Waals surface area contributed by atoms with E-state index in [1.807, 2.05) is 0 Å². The molecule has 2 heteroatoms. The average molecular weight is 233 g/mol. The third-order valence-corrected chi connectivity index (χ3v) is 4.26. The van der Waals surface area contributed by atoms with Gasteiger partial charge in [0, 0.05) is 12.1 Å². The summed E-state index contributed by atoms with van der Waals surface area (Å²) in [6, 6.07) is 4.52. The summed E-state index contributed by atoms with van der Waals surface area (Å²) in [5.41, 5.74) is 4.20. The summed E-state index contributed by atoms with van der Waals surface area (Å²) in [5.74, 6) is 1.59. The first kappa shape index (κ1) is 12.4. The molecular formula is C15H23NO. The molecule has 1 aromatic rings. The summed E-state index contributed by atoms with van der Waals surface area (Å²) >= 11 is 0. The van der Waals surface area contributed by atoms with Gasteiger partial charge >= 0.3 is 0 Å². The van der Waals surface area contributed by atoms with Gasteiger partial charge in [-0.2, -0.15) is 0 Å². The largest absolute Gasteiger partial charge is 0.496 e. The van der Waals surface area contributed by atoms with Gasteiger partial charge in [-0.3, -0.25) is 4.90 Å². The van der Waals surface area contributed by atoms with Crippen molar-refractivity contribution in [2.75, 3.05) is 20.7 Å². The Morgan fingerprint density at radius 2 is 2.00 bits per heavy atom. The molecule has 0 aliphatic carbocycles. The molecule has 1 unspecified atom stereocenters. The molecule has 94 valence electrons. The van der Waals surface area contributed by atoms with E-state index in [0.717, 1.165) is 12.3 Å². The van der Waals surface area contributed by atoms with Crippen LogP contribution in [0.5, 0.6) is 5.75 Å². The number of methoxy groups -OCH3 is 1. The predicted molar refractivity (Wildman–Crippen MR) is 71.8 cm³/mol. The zero-order valence-electron chi connectivity index (χ0n) is 11.8. The van der Waals surface area contributed by atoms with Gasteiger partial charge in [0.15, 0.2) is 0 Å². The van der Waals surface area contributed by atoms with Crippen molar-refractivity contribution in [2.45, 2.75) is 39.2 Å². The van der Waals surface area contributed by atoms with Crippen molar-refractivity contribution in [1.82, 2.24) is 4.90 Å². The van der Waals surface area contributed by atoms with E-state index in [4.69, 9.17) is 4.74 Å². The molecule has 0 amide bonds. The first-order valence-corrected chi connectivity index (χ1v) is 6.28. The predicted octanol–water partition coefficient (Wildman–Crippen LogP) is 3.29. The summed E-state index contributed by atoms with van der Waals surface area (Å²) in [4.78, 5) is 2.43. The lowest BCUT2D eigenvalue weighted by Crippen LogP contribution is -2.45. The highest BCUT2D eigenvalue weighted by atomic mass is 16.5. The molecule has 1 aliphatic rings. The first-order valence-electron chi connectivity index (χ1n) is 6.28. The van der Waals surface area contributed by atoms with Gasteiger partial charge < -0.3 is 4.74 Å². The summed E-state index contributed by atoms with van der Waals surface area (Å²) in [7, 11) is 3.95. The van der Waals surface area contributed by atoms with E-state index in [2.05, 4.69) is 51.8 Å². The molecular weight excluding hydrogens is 210 g/mol. The number of rotatable bonds is 1. The molecule has 2 rings (SSSR count). The van der Waals surface area contributed by atoms with Crippen LogP contribution in [-0.4, -0.2) is 25.6 Å². The number of likely N-dealkylation sites (N-methyl/N-ethyl adjacent to an activating group) is 1. The Balaban J connectivity index is 2.63. The molecule has 1 heterocycles. The molecule has 0 bridgehead atoms. The Kier molecular flexibility index (Phi) is 2.94. The highest BCUT2D eigenvalue weighted by Gasteiger charge is 2.35. The second-order valence-electron chi connectivity index (χ2n) is 5.75. The van der Waals surface area contributed by atoms with Crippen LogP contribution in [-0.2, 0) is 5.54 Å². The molecule has 0 N–H and O–H groups in total. The molecule has 0 aromatic heterocycles. The van der Waals surface area contributed by atoms with Gasteiger partial charge in [-0.25, -0.2) is 0 Å². The Labute approximate surface area is 105 Å². The number of hydrogen-bond acceptors (Lipinski definition) is 2. The average Bonchev–Trinajstić information content (AvgIpc) is 2.26. The van der Waals surface area contributed by atoms with Crippen LogP contribution in [0.1, 0.15) is 43.4 Å². The van der Waals surface area contributed by atoms with Gasteiger partial charge in [0.2, 0.25) is 0 Å². The van der Waals surface area contributed by atoms with Gasteiger partial charge in [-0.1, -0.05) is 13.0 Å². The fourth-order valence-corrected chi connectivity index (χ4v) is 2.81. The molecule has 0 fully saturated rings. The van der Waals surface area contributed by atoms with Crippen molar-refractivity contribution in [1.29, 1.82) is 0 Å². The van der Waals surface area contributed by atoms with Crippen LogP contribution in [0.2, 0.25) is 0 Å². The third kappa shape index (κ3) is 1.85. The van der Waals surface area contributed by atoms with Crippen molar-refractivity contribution in [2.24, 2.45) is 0 Å². The normalized spacial score (nSPS) is 23.3. The topological polar surface area (TPSA) is 12.5 Å². The maximum absolute atomic E-state index is 5.46. The van der Waals surface area contributed by atoms with Crippen LogP contribution in [0.25, 0.3) is 0 Å². The zero-order chi connectivity index (χ0) is 12.8. The Morgan fingerprint density at radius 3 is 2.59 bits per heavy atom. The maximum atomic E-state index is 5.46. The Bertz CT molecular complexity index is 437. The molecule has 2 nitrogen and oxygen atoms in total. The van der Waals surface area contributed by atoms with E-state index in [1.165, 1.54) is 16.7 Å². The smallest absolute Gasteiger partial charge is 0.122 e. The van der Waals surface area contributed by atoms with Crippen molar-refractivity contribution in [3.63, 3.8) is 0 Å². The van der Waals surface area contributed by atoms with Crippen molar-refractivity contribution in [3.05, 3.63) is 28.8 Å². The maximum Gasteiger partial charge on any atom is 0.122 e. The fraction of sp³-hybridized carbons (Fsp3) is 0.600. The van der Waals surface area contributed by atoms with E-state index in [1.54, 1.807) is 7.11 Å². The second kappa shape index (κ2) is 4.02. The molecule has 0 radical (unpaired) electrons.